The fraction of sp³-hybridized carbons (Fsp3) is 0.455. The predicted octanol–water partition coefficient (Wildman–Crippen LogP) is 1.27. The Morgan fingerprint density at radius 2 is 2.07 bits per heavy atom. The van der Waals surface area contributed by atoms with Gasteiger partial charge in [0, 0.05) is 12.0 Å². The van der Waals surface area contributed by atoms with Gasteiger partial charge in [-0.2, -0.15) is 0 Å². The third-order valence-corrected chi connectivity index (χ3v) is 2.73. The number of hydrogen-bond acceptors (Lipinski definition) is 2. The van der Waals surface area contributed by atoms with Gasteiger partial charge in [0.25, 0.3) is 0 Å². The maximum Gasteiger partial charge on any atom is 0.109 e. The molecule has 0 aliphatic carbocycles. The van der Waals surface area contributed by atoms with Crippen LogP contribution in [0.3, 0.4) is 0 Å². The maximum absolute atomic E-state index is 12.1. The van der Waals surface area contributed by atoms with E-state index in [1.807, 2.05) is 30.3 Å². The summed E-state index contributed by atoms with van der Waals surface area (Å²) in [7, 11) is 0. The molecule has 76 valence electrons. The highest BCUT2D eigenvalue weighted by atomic mass is 16.5. The molecule has 0 saturated carbocycles. The van der Waals surface area contributed by atoms with Crippen LogP contribution in [0.15, 0.2) is 30.3 Å². The van der Waals surface area contributed by atoms with Gasteiger partial charge in [0.05, 0.1) is 6.54 Å². The summed E-state index contributed by atoms with van der Waals surface area (Å²) in [6.07, 6.45) is 0.229. The lowest BCUT2D eigenvalue weighted by atomic mass is 10.2. The van der Waals surface area contributed by atoms with E-state index in [2.05, 4.69) is 0 Å². The van der Waals surface area contributed by atoms with E-state index in [1.54, 1.807) is 0 Å². The lowest BCUT2D eigenvalue weighted by Crippen LogP contribution is -2.39. The highest BCUT2D eigenvalue weighted by Crippen LogP contribution is 2.21. The van der Waals surface area contributed by atoms with E-state index in [-0.39, 0.29) is 4.65 Å². The maximum atomic E-state index is 12.1. The van der Waals surface area contributed by atoms with E-state index in [9.17, 15) is 10.3 Å². The van der Waals surface area contributed by atoms with Crippen LogP contribution >= 0.6 is 0 Å². The SMILES string of the molecule is [O-][N+]1(Cc2ccccc2)CC[C@H](O)C1. The van der Waals surface area contributed by atoms with Gasteiger partial charge in [0.2, 0.25) is 0 Å². The number of nitrogens with zero attached hydrogens (tertiary/aromatic N) is 1. The van der Waals surface area contributed by atoms with Crippen molar-refractivity contribution in [2.45, 2.75) is 19.1 Å². The summed E-state index contributed by atoms with van der Waals surface area (Å²) in [5.74, 6) is 0. The van der Waals surface area contributed by atoms with E-state index >= 15 is 0 Å². The molecule has 1 aliphatic heterocycles. The van der Waals surface area contributed by atoms with E-state index in [4.69, 9.17) is 0 Å². The van der Waals surface area contributed by atoms with Gasteiger partial charge in [0.1, 0.15) is 19.2 Å². The van der Waals surface area contributed by atoms with Crippen molar-refractivity contribution < 1.29 is 9.75 Å². The number of benzene rings is 1. The molecule has 1 aromatic rings. The second-order valence-corrected chi connectivity index (χ2v) is 4.05. The molecule has 14 heavy (non-hydrogen) atoms. The summed E-state index contributed by atoms with van der Waals surface area (Å²) in [6, 6.07) is 9.74. The minimum Gasteiger partial charge on any atom is -0.632 e. The first-order valence-electron chi connectivity index (χ1n) is 4.97. The minimum absolute atomic E-state index is 0.273. The predicted molar refractivity (Wildman–Crippen MR) is 54.1 cm³/mol. The molecule has 0 aromatic heterocycles. The molecule has 0 radical (unpaired) electrons. The number of hydrogen-bond donors (Lipinski definition) is 1. The van der Waals surface area contributed by atoms with Crippen molar-refractivity contribution in [2.24, 2.45) is 0 Å². The second kappa shape index (κ2) is 3.69. The van der Waals surface area contributed by atoms with Crippen LogP contribution in [0, 0.1) is 5.21 Å². The molecule has 0 spiro atoms. The van der Waals surface area contributed by atoms with Gasteiger partial charge in [-0.1, -0.05) is 30.3 Å². The number of aliphatic hydroxyl groups excluding tert-OH is 1. The molecule has 1 N–H and O–H groups in total. The molecular formula is C11H15NO2. The number of likely N-dealkylation sites (tertiary alicyclic amines) is 1. The summed E-state index contributed by atoms with van der Waals surface area (Å²) in [4.78, 5) is 0. The zero-order valence-electron chi connectivity index (χ0n) is 8.10. The Bertz CT molecular complexity index is 301. The van der Waals surface area contributed by atoms with Gasteiger partial charge in [-0.05, 0) is 0 Å². The van der Waals surface area contributed by atoms with E-state index in [0.29, 0.717) is 26.1 Å². The number of quaternary nitrogens is 1. The molecule has 0 amide bonds. The summed E-state index contributed by atoms with van der Waals surface area (Å²) in [6.45, 7) is 1.36. The van der Waals surface area contributed by atoms with Crippen molar-refractivity contribution in [1.82, 2.24) is 0 Å². The van der Waals surface area contributed by atoms with Gasteiger partial charge in [0.15, 0.2) is 0 Å². The molecule has 1 aromatic carbocycles. The number of rotatable bonds is 2. The molecule has 1 saturated heterocycles. The van der Waals surface area contributed by atoms with Crippen molar-refractivity contribution in [2.75, 3.05) is 13.1 Å². The van der Waals surface area contributed by atoms with E-state index < -0.39 is 6.10 Å². The quantitative estimate of drug-likeness (QED) is 0.567. The summed E-state index contributed by atoms with van der Waals surface area (Å²) in [5, 5.41) is 21.4. The van der Waals surface area contributed by atoms with Crippen molar-refractivity contribution in [3.05, 3.63) is 41.1 Å². The molecule has 2 rings (SSSR count). The number of hydroxylamine groups is 3. The lowest BCUT2D eigenvalue weighted by Gasteiger charge is -2.38. The average molecular weight is 193 g/mol. The van der Waals surface area contributed by atoms with Gasteiger partial charge in [-0.15, -0.1) is 0 Å². The fourth-order valence-corrected chi connectivity index (χ4v) is 2.01. The Morgan fingerprint density at radius 3 is 2.64 bits per heavy atom. The normalized spacial score (nSPS) is 32.0. The van der Waals surface area contributed by atoms with E-state index in [0.717, 1.165) is 5.56 Å². The highest BCUT2D eigenvalue weighted by Gasteiger charge is 2.29. The zero-order valence-corrected chi connectivity index (χ0v) is 8.10. The van der Waals surface area contributed by atoms with Crippen LogP contribution in [0.1, 0.15) is 12.0 Å². The summed E-state index contributed by atoms with van der Waals surface area (Å²) >= 11 is 0. The molecule has 1 heterocycles. The lowest BCUT2D eigenvalue weighted by molar-refractivity contribution is -0.883. The molecule has 3 heteroatoms. The first kappa shape index (κ1) is 9.65. The van der Waals surface area contributed by atoms with E-state index in [1.165, 1.54) is 0 Å². The molecule has 2 atom stereocenters. The third-order valence-electron chi connectivity index (χ3n) is 2.73. The van der Waals surface area contributed by atoms with Gasteiger partial charge < -0.3 is 15.0 Å². The molecule has 1 aliphatic rings. The molecule has 1 fully saturated rings. The standard InChI is InChI=1S/C11H15NO2/c13-11-6-7-12(14,9-11)8-10-4-2-1-3-5-10/h1-5,11,13H,6-9H2/t11-,12?/m0/s1. The Balaban J connectivity index is 2.04. The summed E-state index contributed by atoms with van der Waals surface area (Å²) in [5.41, 5.74) is 1.05. The largest absolute Gasteiger partial charge is 0.632 e. The number of aliphatic hydroxyl groups is 1. The van der Waals surface area contributed by atoms with Crippen molar-refractivity contribution in [3.8, 4) is 0 Å². The highest BCUT2D eigenvalue weighted by molar-refractivity contribution is 5.13. The van der Waals surface area contributed by atoms with Gasteiger partial charge in [-0.3, -0.25) is 0 Å². The van der Waals surface area contributed by atoms with Crippen LogP contribution in [-0.2, 0) is 6.54 Å². The molecule has 0 bridgehead atoms. The minimum atomic E-state index is -0.406. The first-order valence-corrected chi connectivity index (χ1v) is 4.97. The Kier molecular flexibility index (Phi) is 2.54. The second-order valence-electron chi connectivity index (χ2n) is 4.05. The Morgan fingerprint density at radius 1 is 1.36 bits per heavy atom. The Labute approximate surface area is 83.8 Å². The average Bonchev–Trinajstić information content (AvgIpc) is 2.47. The van der Waals surface area contributed by atoms with Crippen LogP contribution < -0.4 is 0 Å². The first-order chi connectivity index (χ1) is 6.68. The van der Waals surface area contributed by atoms with Crippen LogP contribution in [0.2, 0.25) is 0 Å². The van der Waals surface area contributed by atoms with Crippen LogP contribution in [0.5, 0.6) is 0 Å². The van der Waals surface area contributed by atoms with Crippen molar-refractivity contribution >= 4 is 0 Å². The molecule has 1 unspecified atom stereocenters. The topological polar surface area (TPSA) is 43.3 Å². The van der Waals surface area contributed by atoms with Gasteiger partial charge in [-0.25, -0.2) is 0 Å². The molecular weight excluding hydrogens is 178 g/mol. The fourth-order valence-electron chi connectivity index (χ4n) is 2.01. The van der Waals surface area contributed by atoms with Crippen LogP contribution in [-0.4, -0.2) is 28.9 Å². The van der Waals surface area contributed by atoms with Crippen LogP contribution in [0.4, 0.5) is 0 Å². The van der Waals surface area contributed by atoms with Crippen LogP contribution in [0.25, 0.3) is 0 Å². The monoisotopic (exact) mass is 193 g/mol. The smallest absolute Gasteiger partial charge is 0.109 e. The van der Waals surface area contributed by atoms with Crippen molar-refractivity contribution in [1.29, 1.82) is 0 Å². The van der Waals surface area contributed by atoms with Gasteiger partial charge >= 0.3 is 0 Å². The van der Waals surface area contributed by atoms with Crippen molar-refractivity contribution in [3.63, 3.8) is 0 Å². The third kappa shape index (κ3) is 2.12. The zero-order chi connectivity index (χ0) is 10.0. The Hall–Kier alpha value is -0.900. The molecule has 3 nitrogen and oxygen atoms in total. The summed E-state index contributed by atoms with van der Waals surface area (Å²) < 4.78 is -0.273.